The molecular formula is C17H16FN3O. The zero-order valence-corrected chi connectivity index (χ0v) is 12.0. The van der Waals surface area contributed by atoms with Gasteiger partial charge >= 0.3 is 0 Å². The first-order valence-electron chi connectivity index (χ1n) is 7.15. The predicted molar refractivity (Wildman–Crippen MR) is 84.3 cm³/mol. The number of hydrazone groups is 1. The zero-order chi connectivity index (χ0) is 15.4. The van der Waals surface area contributed by atoms with Crippen molar-refractivity contribution in [2.45, 2.75) is 12.8 Å². The number of nitrogens with one attached hydrogen (secondary N) is 2. The smallest absolute Gasteiger partial charge is 0.259 e. The van der Waals surface area contributed by atoms with Crippen LogP contribution < -0.4 is 10.7 Å². The standard InChI is InChI=1S/C17H16FN3O/c18-13-6-8-14(9-7-13)19-11-17(22)21-20-16-10-5-12-3-1-2-4-15(12)16/h1-4,6-9,19H,5,10-11H2,(H,21,22)/b20-16+. The number of fused-ring (bicyclic) bond motifs is 1. The monoisotopic (exact) mass is 297 g/mol. The molecule has 0 heterocycles. The molecule has 0 radical (unpaired) electrons. The van der Waals surface area contributed by atoms with E-state index in [-0.39, 0.29) is 18.3 Å². The van der Waals surface area contributed by atoms with Gasteiger partial charge in [-0.05, 0) is 42.7 Å². The first kappa shape index (κ1) is 14.3. The molecule has 1 aliphatic carbocycles. The normalized spacial score (nSPS) is 14.7. The Morgan fingerprint density at radius 2 is 1.86 bits per heavy atom. The second-order valence-electron chi connectivity index (χ2n) is 5.11. The molecule has 5 heteroatoms. The average molecular weight is 297 g/mol. The van der Waals surface area contributed by atoms with Crippen LogP contribution in [0.2, 0.25) is 0 Å². The van der Waals surface area contributed by atoms with E-state index in [2.05, 4.69) is 21.9 Å². The fraction of sp³-hybridized carbons (Fsp3) is 0.176. The fourth-order valence-corrected chi connectivity index (χ4v) is 2.44. The number of benzene rings is 2. The van der Waals surface area contributed by atoms with Crippen LogP contribution in [0, 0.1) is 5.82 Å². The van der Waals surface area contributed by atoms with E-state index in [1.807, 2.05) is 18.2 Å². The maximum atomic E-state index is 12.8. The minimum Gasteiger partial charge on any atom is -0.376 e. The van der Waals surface area contributed by atoms with Gasteiger partial charge in [-0.25, -0.2) is 9.82 Å². The number of amides is 1. The Hall–Kier alpha value is -2.69. The van der Waals surface area contributed by atoms with Gasteiger partial charge in [-0.3, -0.25) is 4.79 Å². The Morgan fingerprint density at radius 3 is 2.68 bits per heavy atom. The molecule has 2 N–H and O–H groups in total. The highest BCUT2D eigenvalue weighted by atomic mass is 19.1. The third kappa shape index (κ3) is 3.31. The summed E-state index contributed by atoms with van der Waals surface area (Å²) in [6.45, 7) is 0.0874. The number of anilines is 1. The van der Waals surface area contributed by atoms with Gasteiger partial charge in [0.2, 0.25) is 0 Å². The van der Waals surface area contributed by atoms with E-state index in [0.29, 0.717) is 5.69 Å². The van der Waals surface area contributed by atoms with E-state index in [1.165, 1.54) is 17.7 Å². The summed E-state index contributed by atoms with van der Waals surface area (Å²) >= 11 is 0. The molecule has 1 aliphatic rings. The summed E-state index contributed by atoms with van der Waals surface area (Å²) in [6.07, 6.45) is 1.80. The molecule has 112 valence electrons. The summed E-state index contributed by atoms with van der Waals surface area (Å²) in [4.78, 5) is 11.8. The van der Waals surface area contributed by atoms with Crippen molar-refractivity contribution in [3.63, 3.8) is 0 Å². The van der Waals surface area contributed by atoms with Crippen LogP contribution in [-0.4, -0.2) is 18.2 Å². The minimum atomic E-state index is -0.304. The van der Waals surface area contributed by atoms with Gasteiger partial charge < -0.3 is 5.32 Å². The van der Waals surface area contributed by atoms with Crippen molar-refractivity contribution >= 4 is 17.3 Å². The van der Waals surface area contributed by atoms with Gasteiger partial charge in [0.1, 0.15) is 5.82 Å². The number of hydrogen-bond donors (Lipinski definition) is 2. The van der Waals surface area contributed by atoms with Crippen LogP contribution in [0.15, 0.2) is 53.6 Å². The molecule has 0 spiro atoms. The quantitative estimate of drug-likeness (QED) is 0.853. The molecule has 0 unspecified atom stereocenters. The molecule has 0 saturated heterocycles. The number of aryl methyl sites for hydroxylation is 1. The summed E-state index contributed by atoms with van der Waals surface area (Å²) in [5.74, 6) is -0.539. The second-order valence-corrected chi connectivity index (χ2v) is 5.11. The summed E-state index contributed by atoms with van der Waals surface area (Å²) < 4.78 is 12.8. The van der Waals surface area contributed by atoms with Crippen molar-refractivity contribution in [1.82, 2.24) is 5.43 Å². The van der Waals surface area contributed by atoms with Gasteiger partial charge in [-0.2, -0.15) is 5.10 Å². The molecule has 0 saturated carbocycles. The summed E-state index contributed by atoms with van der Waals surface area (Å²) in [7, 11) is 0. The maximum Gasteiger partial charge on any atom is 0.259 e. The first-order chi connectivity index (χ1) is 10.7. The van der Waals surface area contributed by atoms with Crippen LogP contribution in [0.5, 0.6) is 0 Å². The van der Waals surface area contributed by atoms with Crippen molar-refractivity contribution < 1.29 is 9.18 Å². The van der Waals surface area contributed by atoms with Crippen LogP contribution in [0.25, 0.3) is 0 Å². The van der Waals surface area contributed by atoms with Crippen molar-refractivity contribution in [3.8, 4) is 0 Å². The van der Waals surface area contributed by atoms with E-state index in [0.717, 1.165) is 24.1 Å². The van der Waals surface area contributed by atoms with E-state index < -0.39 is 0 Å². The van der Waals surface area contributed by atoms with Crippen molar-refractivity contribution in [3.05, 3.63) is 65.5 Å². The summed E-state index contributed by atoms with van der Waals surface area (Å²) in [6, 6.07) is 13.9. The average Bonchev–Trinajstić information content (AvgIpc) is 2.96. The Balaban J connectivity index is 1.55. The number of rotatable bonds is 4. The van der Waals surface area contributed by atoms with Gasteiger partial charge in [-0.1, -0.05) is 24.3 Å². The van der Waals surface area contributed by atoms with Crippen molar-refractivity contribution in [2.75, 3.05) is 11.9 Å². The number of carbonyl (C=O) groups is 1. The highest BCUT2D eigenvalue weighted by Gasteiger charge is 2.16. The van der Waals surface area contributed by atoms with Crippen molar-refractivity contribution in [1.29, 1.82) is 0 Å². The van der Waals surface area contributed by atoms with E-state index in [1.54, 1.807) is 12.1 Å². The lowest BCUT2D eigenvalue weighted by Crippen LogP contribution is -2.26. The fourth-order valence-electron chi connectivity index (χ4n) is 2.44. The van der Waals surface area contributed by atoms with Crippen LogP contribution in [0.3, 0.4) is 0 Å². The first-order valence-corrected chi connectivity index (χ1v) is 7.15. The summed E-state index contributed by atoms with van der Waals surface area (Å²) in [5, 5.41) is 7.13. The number of hydrogen-bond acceptors (Lipinski definition) is 3. The highest BCUT2D eigenvalue weighted by molar-refractivity contribution is 6.04. The molecule has 3 rings (SSSR count). The Kier molecular flexibility index (Phi) is 4.14. The molecule has 0 bridgehead atoms. The Bertz CT molecular complexity index is 710. The largest absolute Gasteiger partial charge is 0.376 e. The van der Waals surface area contributed by atoms with E-state index in [4.69, 9.17) is 0 Å². The molecule has 2 aromatic rings. The van der Waals surface area contributed by atoms with Gasteiger partial charge in [0.15, 0.2) is 0 Å². The molecule has 22 heavy (non-hydrogen) atoms. The molecule has 0 aromatic heterocycles. The number of nitrogens with zero attached hydrogens (tertiary/aromatic N) is 1. The zero-order valence-electron chi connectivity index (χ0n) is 12.0. The SMILES string of the molecule is O=C(CNc1ccc(F)cc1)N/N=C1\CCc2ccccc21. The lowest BCUT2D eigenvalue weighted by molar-refractivity contribution is -0.119. The third-order valence-electron chi connectivity index (χ3n) is 3.57. The Morgan fingerprint density at radius 1 is 1.09 bits per heavy atom. The van der Waals surface area contributed by atoms with Crippen LogP contribution in [0.4, 0.5) is 10.1 Å². The van der Waals surface area contributed by atoms with E-state index in [9.17, 15) is 9.18 Å². The lowest BCUT2D eigenvalue weighted by atomic mass is 10.1. The Labute approximate surface area is 128 Å². The molecule has 0 fully saturated rings. The van der Waals surface area contributed by atoms with Crippen LogP contribution in [-0.2, 0) is 11.2 Å². The highest BCUT2D eigenvalue weighted by Crippen LogP contribution is 2.21. The van der Waals surface area contributed by atoms with E-state index >= 15 is 0 Å². The number of carbonyl (C=O) groups excluding carboxylic acids is 1. The minimum absolute atomic E-state index is 0.0874. The molecule has 1 amide bonds. The molecule has 4 nitrogen and oxygen atoms in total. The van der Waals surface area contributed by atoms with Crippen LogP contribution in [0.1, 0.15) is 17.5 Å². The summed E-state index contributed by atoms with van der Waals surface area (Å²) in [5.41, 5.74) is 6.53. The molecule has 0 aliphatic heterocycles. The van der Waals surface area contributed by atoms with Gasteiger partial charge in [-0.15, -0.1) is 0 Å². The molecular weight excluding hydrogens is 281 g/mol. The van der Waals surface area contributed by atoms with Crippen LogP contribution >= 0.6 is 0 Å². The lowest BCUT2D eigenvalue weighted by Gasteiger charge is -2.06. The second kappa shape index (κ2) is 6.39. The van der Waals surface area contributed by atoms with Crippen molar-refractivity contribution in [2.24, 2.45) is 5.10 Å². The van der Waals surface area contributed by atoms with Gasteiger partial charge in [0.25, 0.3) is 5.91 Å². The predicted octanol–water partition coefficient (Wildman–Crippen LogP) is 2.70. The maximum absolute atomic E-state index is 12.8. The number of halogens is 1. The van der Waals surface area contributed by atoms with Gasteiger partial charge in [0.05, 0.1) is 12.3 Å². The molecule has 2 aromatic carbocycles. The third-order valence-corrected chi connectivity index (χ3v) is 3.57. The topological polar surface area (TPSA) is 53.5 Å². The molecule has 0 atom stereocenters. The van der Waals surface area contributed by atoms with Gasteiger partial charge in [0, 0.05) is 11.3 Å².